The first-order valence-corrected chi connectivity index (χ1v) is 7.97. The van der Waals surface area contributed by atoms with Gasteiger partial charge in [-0.25, -0.2) is 13.1 Å². The van der Waals surface area contributed by atoms with Gasteiger partial charge in [0.25, 0.3) is 0 Å². The van der Waals surface area contributed by atoms with Crippen LogP contribution >= 0.6 is 0 Å². The Labute approximate surface area is 114 Å². The van der Waals surface area contributed by atoms with E-state index in [9.17, 15) is 8.42 Å². The van der Waals surface area contributed by atoms with Crippen LogP contribution in [0.1, 0.15) is 45.0 Å². The number of hydrogen-bond acceptors (Lipinski definition) is 4. The number of nitrogens with one attached hydrogen (secondary N) is 2. The Morgan fingerprint density at radius 1 is 1.42 bits per heavy atom. The van der Waals surface area contributed by atoms with Crippen LogP contribution in [0.2, 0.25) is 0 Å². The summed E-state index contributed by atoms with van der Waals surface area (Å²) in [7, 11) is -3.65. The Balaban J connectivity index is 2.89. The van der Waals surface area contributed by atoms with Crippen LogP contribution in [0, 0.1) is 12.8 Å². The van der Waals surface area contributed by atoms with Crippen molar-refractivity contribution in [2.24, 2.45) is 5.92 Å². The molecule has 1 aromatic heterocycles. The SMILES string of the molecule is CCC(C)CC(C)NS(=O)(=O)c1c(CO)n[nH]c1C. The van der Waals surface area contributed by atoms with Gasteiger partial charge in [-0.3, -0.25) is 5.10 Å². The molecule has 0 bridgehead atoms. The Morgan fingerprint density at radius 2 is 2.05 bits per heavy atom. The molecular formula is C12H23N3O3S. The number of sulfonamides is 1. The van der Waals surface area contributed by atoms with E-state index in [2.05, 4.69) is 28.8 Å². The summed E-state index contributed by atoms with van der Waals surface area (Å²) >= 11 is 0. The Kier molecular flexibility index (Phi) is 5.51. The van der Waals surface area contributed by atoms with Gasteiger partial charge in [0.1, 0.15) is 10.6 Å². The molecule has 110 valence electrons. The van der Waals surface area contributed by atoms with Crippen molar-refractivity contribution < 1.29 is 13.5 Å². The van der Waals surface area contributed by atoms with Gasteiger partial charge in [-0.1, -0.05) is 20.3 Å². The summed E-state index contributed by atoms with van der Waals surface area (Å²) in [4.78, 5) is 0.0611. The molecule has 0 aromatic carbocycles. The quantitative estimate of drug-likeness (QED) is 0.705. The molecule has 0 fully saturated rings. The molecule has 1 heterocycles. The smallest absolute Gasteiger partial charge is 0.244 e. The number of aromatic nitrogens is 2. The van der Waals surface area contributed by atoms with Crippen LogP contribution in [0.3, 0.4) is 0 Å². The van der Waals surface area contributed by atoms with Gasteiger partial charge in [0.2, 0.25) is 10.0 Å². The fraction of sp³-hybridized carbons (Fsp3) is 0.750. The third-order valence-corrected chi connectivity index (χ3v) is 4.98. The van der Waals surface area contributed by atoms with Gasteiger partial charge in [-0.05, 0) is 26.2 Å². The number of aryl methyl sites for hydroxylation is 1. The number of aliphatic hydroxyl groups excluding tert-OH is 1. The van der Waals surface area contributed by atoms with Crippen molar-refractivity contribution in [1.82, 2.24) is 14.9 Å². The number of H-pyrrole nitrogens is 1. The topological polar surface area (TPSA) is 95.1 Å². The van der Waals surface area contributed by atoms with Crippen molar-refractivity contribution in [1.29, 1.82) is 0 Å². The van der Waals surface area contributed by atoms with Crippen LogP contribution in [0.25, 0.3) is 0 Å². The zero-order chi connectivity index (χ0) is 14.6. The summed E-state index contributed by atoms with van der Waals surface area (Å²) in [5, 5.41) is 15.5. The molecule has 0 saturated heterocycles. The number of aromatic amines is 1. The van der Waals surface area contributed by atoms with Crippen molar-refractivity contribution in [2.45, 2.75) is 58.1 Å². The first-order chi connectivity index (χ1) is 8.81. The zero-order valence-electron chi connectivity index (χ0n) is 11.9. The van der Waals surface area contributed by atoms with E-state index in [1.165, 1.54) is 0 Å². The first kappa shape index (κ1) is 16.1. The van der Waals surface area contributed by atoms with E-state index in [1.807, 2.05) is 6.92 Å². The maximum Gasteiger partial charge on any atom is 0.244 e. The van der Waals surface area contributed by atoms with Gasteiger partial charge in [-0.15, -0.1) is 0 Å². The summed E-state index contributed by atoms with van der Waals surface area (Å²) in [5.74, 6) is 0.459. The number of nitrogens with zero attached hydrogens (tertiary/aromatic N) is 1. The van der Waals surface area contributed by atoms with Crippen molar-refractivity contribution in [3.8, 4) is 0 Å². The fourth-order valence-corrected chi connectivity index (χ4v) is 3.69. The lowest BCUT2D eigenvalue weighted by Crippen LogP contribution is -2.34. The molecule has 7 heteroatoms. The molecule has 2 unspecified atom stereocenters. The maximum absolute atomic E-state index is 12.3. The number of aliphatic hydroxyl groups is 1. The molecule has 19 heavy (non-hydrogen) atoms. The minimum atomic E-state index is -3.65. The second kappa shape index (κ2) is 6.49. The highest BCUT2D eigenvalue weighted by atomic mass is 32.2. The Bertz CT molecular complexity index is 510. The minimum absolute atomic E-state index is 0.0611. The summed E-state index contributed by atoms with van der Waals surface area (Å²) < 4.78 is 27.2. The van der Waals surface area contributed by atoms with Crippen molar-refractivity contribution >= 4 is 10.0 Å². The van der Waals surface area contributed by atoms with E-state index in [4.69, 9.17) is 5.11 Å². The molecule has 1 aromatic rings. The highest BCUT2D eigenvalue weighted by Crippen LogP contribution is 2.19. The molecular weight excluding hydrogens is 266 g/mol. The van der Waals surface area contributed by atoms with Crippen LogP contribution in [0.5, 0.6) is 0 Å². The lowest BCUT2D eigenvalue weighted by Gasteiger charge is -2.17. The lowest BCUT2D eigenvalue weighted by atomic mass is 10.0. The average Bonchev–Trinajstić information content (AvgIpc) is 2.70. The molecule has 3 N–H and O–H groups in total. The van der Waals surface area contributed by atoms with Gasteiger partial charge in [-0.2, -0.15) is 5.10 Å². The van der Waals surface area contributed by atoms with E-state index in [0.29, 0.717) is 11.6 Å². The summed E-state index contributed by atoms with van der Waals surface area (Å²) in [6, 6.07) is -0.152. The van der Waals surface area contributed by atoms with Crippen LogP contribution < -0.4 is 4.72 Å². The third-order valence-electron chi connectivity index (χ3n) is 3.19. The van der Waals surface area contributed by atoms with Gasteiger partial charge in [0.15, 0.2) is 0 Å². The largest absolute Gasteiger partial charge is 0.390 e. The summed E-state index contributed by atoms with van der Waals surface area (Å²) in [6.45, 7) is 7.24. The Morgan fingerprint density at radius 3 is 2.58 bits per heavy atom. The predicted molar refractivity (Wildman–Crippen MR) is 73.1 cm³/mol. The molecule has 0 amide bonds. The molecule has 2 atom stereocenters. The molecule has 0 aliphatic heterocycles. The summed E-state index contributed by atoms with van der Waals surface area (Å²) in [6.07, 6.45) is 1.79. The molecule has 0 radical (unpaired) electrons. The van der Waals surface area contributed by atoms with Gasteiger partial charge >= 0.3 is 0 Å². The fourth-order valence-electron chi connectivity index (χ4n) is 2.08. The minimum Gasteiger partial charge on any atom is -0.390 e. The zero-order valence-corrected chi connectivity index (χ0v) is 12.7. The van der Waals surface area contributed by atoms with Gasteiger partial charge in [0, 0.05) is 6.04 Å². The van der Waals surface area contributed by atoms with Crippen LogP contribution in [0.4, 0.5) is 0 Å². The maximum atomic E-state index is 12.3. The van der Waals surface area contributed by atoms with E-state index >= 15 is 0 Å². The molecule has 1 rings (SSSR count). The van der Waals surface area contributed by atoms with Crippen molar-refractivity contribution in [2.75, 3.05) is 0 Å². The molecule has 0 aliphatic carbocycles. The molecule has 0 saturated carbocycles. The monoisotopic (exact) mass is 289 g/mol. The number of hydrogen-bond donors (Lipinski definition) is 3. The van der Waals surface area contributed by atoms with E-state index in [0.717, 1.165) is 12.8 Å². The van der Waals surface area contributed by atoms with E-state index in [-0.39, 0.29) is 16.6 Å². The van der Waals surface area contributed by atoms with Crippen LogP contribution in [-0.4, -0.2) is 29.8 Å². The van der Waals surface area contributed by atoms with Crippen molar-refractivity contribution in [3.05, 3.63) is 11.4 Å². The predicted octanol–water partition coefficient (Wildman–Crippen LogP) is 1.31. The standard InChI is InChI=1S/C12H23N3O3S/c1-5-8(2)6-9(3)15-19(17,18)12-10(4)13-14-11(12)7-16/h8-9,15-16H,5-7H2,1-4H3,(H,13,14). The normalized spacial score (nSPS) is 15.4. The summed E-state index contributed by atoms with van der Waals surface area (Å²) in [5.41, 5.74) is 0.591. The Hall–Kier alpha value is -0.920. The third kappa shape index (κ3) is 4.02. The van der Waals surface area contributed by atoms with Crippen molar-refractivity contribution in [3.63, 3.8) is 0 Å². The van der Waals surface area contributed by atoms with Crippen LogP contribution in [-0.2, 0) is 16.6 Å². The number of rotatable bonds is 7. The highest BCUT2D eigenvalue weighted by Gasteiger charge is 2.25. The van der Waals surface area contributed by atoms with Crippen LogP contribution in [0.15, 0.2) is 4.90 Å². The lowest BCUT2D eigenvalue weighted by molar-refractivity contribution is 0.273. The molecule has 0 aliphatic rings. The second-order valence-electron chi connectivity index (χ2n) is 5.05. The second-order valence-corrected chi connectivity index (χ2v) is 6.70. The van der Waals surface area contributed by atoms with Gasteiger partial charge in [0.05, 0.1) is 12.3 Å². The molecule has 6 nitrogen and oxygen atoms in total. The highest BCUT2D eigenvalue weighted by molar-refractivity contribution is 7.89. The van der Waals surface area contributed by atoms with E-state index in [1.54, 1.807) is 6.92 Å². The van der Waals surface area contributed by atoms with Gasteiger partial charge < -0.3 is 5.11 Å². The average molecular weight is 289 g/mol. The first-order valence-electron chi connectivity index (χ1n) is 6.48. The van der Waals surface area contributed by atoms with E-state index < -0.39 is 16.6 Å². The molecule has 0 spiro atoms.